The van der Waals surface area contributed by atoms with Gasteiger partial charge in [0.15, 0.2) is 12.2 Å². The monoisotopic (exact) mass is 1470 g/mol. The molecule has 3 N–H and O–H groups in total. The molecule has 0 aromatic carbocycles. The van der Waals surface area contributed by atoms with Gasteiger partial charge < -0.3 is 33.8 Å². The maximum Gasteiger partial charge on any atom is 0.472 e. The Morgan fingerprint density at radius 1 is 0.290 bits per heavy atom. The van der Waals surface area contributed by atoms with Crippen molar-refractivity contribution >= 4 is 39.5 Å². The Hall–Kier alpha value is -1.94. The van der Waals surface area contributed by atoms with E-state index < -0.39 is 97.5 Å². The summed E-state index contributed by atoms with van der Waals surface area (Å²) in [5.41, 5.74) is 0. The summed E-state index contributed by atoms with van der Waals surface area (Å²) in [4.78, 5) is 73.0. The summed E-state index contributed by atoms with van der Waals surface area (Å²) in [6.07, 6.45) is 62.4. The van der Waals surface area contributed by atoms with Gasteiger partial charge in [0.05, 0.1) is 26.4 Å². The summed E-state index contributed by atoms with van der Waals surface area (Å²) >= 11 is 0. The first-order chi connectivity index (χ1) is 48.4. The van der Waals surface area contributed by atoms with Crippen LogP contribution in [-0.2, 0) is 65.4 Å². The number of hydrogen-bond acceptors (Lipinski definition) is 15. The molecule has 0 bridgehead atoms. The van der Waals surface area contributed by atoms with Crippen LogP contribution in [0.3, 0.4) is 0 Å². The fourth-order valence-corrected chi connectivity index (χ4v) is 14.1. The van der Waals surface area contributed by atoms with Crippen molar-refractivity contribution in [2.24, 2.45) is 11.8 Å². The van der Waals surface area contributed by atoms with Gasteiger partial charge in [0.25, 0.3) is 0 Å². The molecule has 6 atom stereocenters. The van der Waals surface area contributed by atoms with E-state index in [0.717, 1.165) is 102 Å². The molecule has 0 amide bonds. The van der Waals surface area contributed by atoms with Crippen LogP contribution >= 0.6 is 15.6 Å². The Morgan fingerprint density at radius 3 is 0.760 bits per heavy atom. The number of phosphoric acid groups is 2. The van der Waals surface area contributed by atoms with Gasteiger partial charge in [-0.3, -0.25) is 37.3 Å². The van der Waals surface area contributed by atoms with Gasteiger partial charge in [-0.25, -0.2) is 9.13 Å². The molecule has 0 aromatic rings. The van der Waals surface area contributed by atoms with Crippen molar-refractivity contribution in [1.29, 1.82) is 0 Å². The molecule has 0 spiro atoms. The Balaban J connectivity index is 5.24. The minimum Gasteiger partial charge on any atom is -0.462 e. The van der Waals surface area contributed by atoms with Crippen molar-refractivity contribution in [2.45, 2.75) is 445 Å². The molecule has 0 radical (unpaired) electrons. The second kappa shape index (κ2) is 72.6. The van der Waals surface area contributed by atoms with Gasteiger partial charge in [-0.2, -0.15) is 0 Å². The second-order valence-electron chi connectivity index (χ2n) is 29.9. The molecule has 0 aromatic heterocycles. The summed E-state index contributed by atoms with van der Waals surface area (Å²) in [6.45, 7) is 9.63. The van der Waals surface area contributed by atoms with Gasteiger partial charge in [-0.05, 0) is 37.5 Å². The molecule has 0 fully saturated rings. The van der Waals surface area contributed by atoms with E-state index in [1.54, 1.807) is 0 Å². The lowest BCUT2D eigenvalue weighted by Gasteiger charge is -2.21. The predicted octanol–water partition coefficient (Wildman–Crippen LogP) is 24.3. The van der Waals surface area contributed by atoms with Crippen molar-refractivity contribution in [3.8, 4) is 0 Å². The van der Waals surface area contributed by atoms with Crippen LogP contribution in [0.25, 0.3) is 0 Å². The Labute approximate surface area is 613 Å². The summed E-state index contributed by atoms with van der Waals surface area (Å²) in [7, 11) is -9.92. The first kappa shape index (κ1) is 98.1. The van der Waals surface area contributed by atoms with Gasteiger partial charge in [0, 0.05) is 25.7 Å². The number of hydrogen-bond donors (Lipinski definition) is 3. The molecule has 0 rings (SSSR count). The zero-order valence-corrected chi connectivity index (χ0v) is 67.3. The summed E-state index contributed by atoms with van der Waals surface area (Å²) < 4.78 is 68.7. The number of aliphatic hydroxyl groups is 1. The third-order valence-electron chi connectivity index (χ3n) is 19.3. The molecule has 17 nitrogen and oxygen atoms in total. The third-order valence-corrected chi connectivity index (χ3v) is 21.2. The van der Waals surface area contributed by atoms with E-state index in [1.807, 2.05) is 0 Å². The minimum absolute atomic E-state index is 0.106. The molecule has 100 heavy (non-hydrogen) atoms. The van der Waals surface area contributed by atoms with Crippen LogP contribution in [0.5, 0.6) is 0 Å². The molecular formula is C81H158O17P2. The summed E-state index contributed by atoms with van der Waals surface area (Å²) in [5, 5.41) is 10.6. The smallest absolute Gasteiger partial charge is 0.462 e. The van der Waals surface area contributed by atoms with Gasteiger partial charge in [0.1, 0.15) is 19.3 Å². The first-order valence-corrected chi connectivity index (χ1v) is 45.0. The highest BCUT2D eigenvalue weighted by Gasteiger charge is 2.30. The lowest BCUT2D eigenvalue weighted by atomic mass is 9.99. The molecule has 0 saturated heterocycles. The number of esters is 4. The van der Waals surface area contributed by atoms with E-state index in [1.165, 1.54) is 244 Å². The van der Waals surface area contributed by atoms with E-state index in [9.17, 15) is 43.2 Å². The van der Waals surface area contributed by atoms with Crippen molar-refractivity contribution in [1.82, 2.24) is 0 Å². The van der Waals surface area contributed by atoms with Crippen LogP contribution in [0.4, 0.5) is 0 Å². The molecule has 19 heteroatoms. The second-order valence-corrected chi connectivity index (χ2v) is 32.8. The Kier molecular flexibility index (Phi) is 71.2. The molecule has 3 unspecified atom stereocenters. The molecule has 0 saturated carbocycles. The fourth-order valence-electron chi connectivity index (χ4n) is 12.5. The van der Waals surface area contributed by atoms with Crippen LogP contribution in [0.1, 0.15) is 427 Å². The highest BCUT2D eigenvalue weighted by Crippen LogP contribution is 2.45. The van der Waals surface area contributed by atoms with E-state index in [4.69, 9.17) is 37.0 Å². The van der Waals surface area contributed by atoms with Crippen molar-refractivity contribution < 1.29 is 80.2 Å². The van der Waals surface area contributed by atoms with Crippen molar-refractivity contribution in [2.75, 3.05) is 39.6 Å². The van der Waals surface area contributed by atoms with Crippen LogP contribution in [-0.4, -0.2) is 96.7 Å². The topological polar surface area (TPSA) is 237 Å². The maximum absolute atomic E-state index is 13.1. The van der Waals surface area contributed by atoms with E-state index in [-0.39, 0.29) is 25.7 Å². The minimum atomic E-state index is -4.96. The lowest BCUT2D eigenvalue weighted by molar-refractivity contribution is -0.161. The van der Waals surface area contributed by atoms with Crippen LogP contribution in [0.2, 0.25) is 0 Å². The van der Waals surface area contributed by atoms with Gasteiger partial charge in [-0.1, -0.05) is 375 Å². The highest BCUT2D eigenvalue weighted by atomic mass is 31.2. The average Bonchev–Trinajstić information content (AvgIpc) is 0.928. The zero-order valence-electron chi connectivity index (χ0n) is 65.5. The predicted molar refractivity (Wildman–Crippen MR) is 409 cm³/mol. The normalized spacial score (nSPS) is 14.2. The fraction of sp³-hybridized carbons (Fsp3) is 0.951. The van der Waals surface area contributed by atoms with Crippen molar-refractivity contribution in [3.05, 3.63) is 0 Å². The average molecular weight is 1470 g/mol. The first-order valence-electron chi connectivity index (χ1n) is 42.0. The molecule has 594 valence electrons. The van der Waals surface area contributed by atoms with E-state index in [2.05, 4.69) is 41.5 Å². The van der Waals surface area contributed by atoms with Crippen LogP contribution < -0.4 is 0 Å². The Morgan fingerprint density at radius 2 is 0.510 bits per heavy atom. The number of phosphoric ester groups is 2. The molecule has 0 aliphatic heterocycles. The van der Waals surface area contributed by atoms with Gasteiger partial charge in [-0.15, -0.1) is 0 Å². The largest absolute Gasteiger partial charge is 0.472 e. The summed E-state index contributed by atoms with van der Waals surface area (Å²) in [6, 6.07) is 0. The zero-order chi connectivity index (χ0) is 73.5. The molecule has 0 aliphatic carbocycles. The van der Waals surface area contributed by atoms with E-state index in [0.29, 0.717) is 25.7 Å². The summed E-state index contributed by atoms with van der Waals surface area (Å²) in [5.74, 6) is -0.580. The number of carbonyl (C=O) groups excluding carboxylic acids is 4. The van der Waals surface area contributed by atoms with Crippen LogP contribution in [0, 0.1) is 11.8 Å². The lowest BCUT2D eigenvalue weighted by Crippen LogP contribution is -2.30. The standard InChI is InChI=1S/C81H158O17P2/c1-7-10-12-14-16-18-20-22-24-25-26-27-28-30-32-34-39-47-53-59-65-80(85)97-76(69-91-78(83)63-57-51-45-38-33-31-29-23-21-19-17-15-13-11-8-2)71-95-99(87,88)93-67-75(82)68-94-100(89,90)96-72-77(70-92-79(84)64-58-52-46-42-41-43-49-55-61-73(4)5)98-81(86)66-60-54-48-40-36-35-37-44-50-56-62-74(6)9-3/h73-77,82H,7-72H2,1-6H3,(H,87,88)(H,89,90)/t74?,75-,76-,77-/m1/s1. The molecule has 0 heterocycles. The van der Waals surface area contributed by atoms with Crippen LogP contribution in [0.15, 0.2) is 0 Å². The number of rotatable bonds is 80. The number of aliphatic hydroxyl groups excluding tert-OH is 1. The maximum atomic E-state index is 13.1. The Bertz CT molecular complexity index is 1930. The number of unbranched alkanes of at least 4 members (excludes halogenated alkanes) is 49. The quantitative estimate of drug-likeness (QED) is 0.0222. The van der Waals surface area contributed by atoms with E-state index >= 15 is 0 Å². The third kappa shape index (κ3) is 73.0. The molecular weight excluding hydrogens is 1310 g/mol. The van der Waals surface area contributed by atoms with Gasteiger partial charge >= 0.3 is 39.5 Å². The van der Waals surface area contributed by atoms with Crippen molar-refractivity contribution in [3.63, 3.8) is 0 Å². The van der Waals surface area contributed by atoms with Gasteiger partial charge in [0.2, 0.25) is 0 Å². The number of carbonyl (C=O) groups is 4. The highest BCUT2D eigenvalue weighted by molar-refractivity contribution is 7.47. The molecule has 0 aliphatic rings. The number of ether oxygens (including phenoxy) is 4. The SMILES string of the molecule is CCCCCCCCCCCCCCCCCCCCCCC(=O)O[C@H](COC(=O)CCCCCCCCCCCCCCCCC)COP(=O)(O)OC[C@@H](O)COP(=O)(O)OC[C@@H](COC(=O)CCCCCCCCCCC(C)C)OC(=O)CCCCCCCCCCCCC(C)CC.